The van der Waals surface area contributed by atoms with Crippen LogP contribution in [0.3, 0.4) is 0 Å². The Balaban J connectivity index is 1.74. The molecule has 0 aliphatic rings. The van der Waals surface area contributed by atoms with Gasteiger partial charge in [0.25, 0.3) is 5.56 Å². The Kier molecular flexibility index (Phi) is 7.42. The maximum absolute atomic E-state index is 13.3. The van der Waals surface area contributed by atoms with E-state index >= 15 is 0 Å². The number of aromatic nitrogens is 2. The SMILES string of the molecule is CC(C)(C)c1nc2ccc(Br)cc2c(=O)n1N=Cc1cc(Cl)c(OCc2ccc(F)cc2)c([N+](=O)[O-])c1. The molecule has 0 aliphatic heterocycles. The van der Waals surface area contributed by atoms with Gasteiger partial charge in [0, 0.05) is 21.5 Å². The zero-order chi connectivity index (χ0) is 26.9. The van der Waals surface area contributed by atoms with Crippen molar-refractivity contribution in [2.75, 3.05) is 0 Å². The van der Waals surface area contributed by atoms with Crippen molar-refractivity contribution in [3.8, 4) is 5.75 Å². The average Bonchev–Trinajstić information content (AvgIpc) is 2.83. The van der Waals surface area contributed by atoms with E-state index in [-0.39, 0.29) is 34.2 Å². The molecule has 0 N–H and O–H groups in total. The zero-order valence-corrected chi connectivity index (χ0v) is 22.4. The number of nitro benzene ring substituents is 1. The van der Waals surface area contributed by atoms with Crippen molar-refractivity contribution < 1.29 is 14.1 Å². The van der Waals surface area contributed by atoms with Crippen molar-refractivity contribution >= 4 is 50.3 Å². The number of hydrogen-bond donors (Lipinski definition) is 0. The smallest absolute Gasteiger partial charge is 0.313 e. The predicted molar refractivity (Wildman–Crippen MR) is 144 cm³/mol. The molecule has 0 bridgehead atoms. The molecule has 0 atom stereocenters. The summed E-state index contributed by atoms with van der Waals surface area (Å²) >= 11 is 9.72. The lowest BCUT2D eigenvalue weighted by Gasteiger charge is -2.20. The minimum atomic E-state index is -0.620. The highest BCUT2D eigenvalue weighted by Crippen LogP contribution is 2.36. The molecule has 8 nitrogen and oxygen atoms in total. The quantitative estimate of drug-likeness (QED) is 0.143. The molecule has 0 amide bonds. The molecule has 0 unspecified atom stereocenters. The fourth-order valence-electron chi connectivity index (χ4n) is 3.55. The zero-order valence-electron chi connectivity index (χ0n) is 20.0. The third kappa shape index (κ3) is 5.86. The van der Waals surface area contributed by atoms with Crippen LogP contribution in [0, 0.1) is 15.9 Å². The normalized spacial score (nSPS) is 11.8. The summed E-state index contributed by atoms with van der Waals surface area (Å²) in [5, 5.41) is 16.5. The molecule has 0 radical (unpaired) electrons. The van der Waals surface area contributed by atoms with Crippen molar-refractivity contribution in [1.29, 1.82) is 0 Å². The van der Waals surface area contributed by atoms with Crippen LogP contribution in [0.4, 0.5) is 10.1 Å². The monoisotopic (exact) mass is 586 g/mol. The molecule has 0 aliphatic carbocycles. The van der Waals surface area contributed by atoms with Crippen LogP contribution in [0.15, 0.2) is 69.0 Å². The van der Waals surface area contributed by atoms with E-state index in [4.69, 9.17) is 16.3 Å². The summed E-state index contributed by atoms with van der Waals surface area (Å²) in [5.74, 6) is -0.110. The maximum Gasteiger partial charge on any atom is 0.313 e. The summed E-state index contributed by atoms with van der Waals surface area (Å²) < 4.78 is 20.7. The number of benzene rings is 3. The second kappa shape index (κ2) is 10.4. The van der Waals surface area contributed by atoms with Crippen molar-refractivity contribution in [2.45, 2.75) is 32.8 Å². The highest BCUT2D eigenvalue weighted by Gasteiger charge is 2.24. The molecule has 4 rings (SSSR count). The molecule has 0 fully saturated rings. The van der Waals surface area contributed by atoms with Gasteiger partial charge in [0.15, 0.2) is 0 Å². The Morgan fingerprint density at radius 2 is 1.89 bits per heavy atom. The fraction of sp³-hybridized carbons (Fsp3) is 0.192. The van der Waals surface area contributed by atoms with E-state index in [0.717, 1.165) is 4.47 Å². The Labute approximate surface area is 224 Å². The average molecular weight is 588 g/mol. The molecule has 190 valence electrons. The van der Waals surface area contributed by atoms with Gasteiger partial charge in [-0.05, 0) is 42.0 Å². The molecule has 0 saturated carbocycles. The van der Waals surface area contributed by atoms with E-state index in [9.17, 15) is 19.3 Å². The second-order valence-corrected chi connectivity index (χ2v) is 10.6. The molecular weight excluding hydrogens is 567 g/mol. The first-order valence-corrected chi connectivity index (χ1v) is 12.2. The Morgan fingerprint density at radius 1 is 1.19 bits per heavy atom. The van der Waals surface area contributed by atoms with Crippen LogP contribution in [0.25, 0.3) is 10.9 Å². The lowest BCUT2D eigenvalue weighted by molar-refractivity contribution is -0.385. The Hall–Kier alpha value is -3.63. The summed E-state index contributed by atoms with van der Waals surface area (Å²) in [4.78, 5) is 29.1. The molecule has 0 saturated heterocycles. The molecule has 37 heavy (non-hydrogen) atoms. The maximum atomic E-state index is 13.3. The van der Waals surface area contributed by atoms with Crippen molar-refractivity contribution in [2.24, 2.45) is 5.10 Å². The first-order valence-electron chi connectivity index (χ1n) is 11.1. The molecule has 11 heteroatoms. The number of rotatable bonds is 6. The van der Waals surface area contributed by atoms with Gasteiger partial charge in [0.1, 0.15) is 18.2 Å². The summed E-state index contributed by atoms with van der Waals surface area (Å²) in [5.41, 5.74) is 0.145. The van der Waals surface area contributed by atoms with E-state index < -0.39 is 16.2 Å². The Morgan fingerprint density at radius 3 is 2.54 bits per heavy atom. The van der Waals surface area contributed by atoms with Gasteiger partial charge in [-0.15, -0.1) is 0 Å². The van der Waals surface area contributed by atoms with Gasteiger partial charge in [-0.1, -0.05) is 60.4 Å². The van der Waals surface area contributed by atoms with Gasteiger partial charge in [-0.3, -0.25) is 14.9 Å². The number of nitrogens with zero attached hydrogens (tertiary/aromatic N) is 4. The predicted octanol–water partition coefficient (Wildman–Crippen LogP) is 6.62. The first-order chi connectivity index (χ1) is 17.4. The number of ether oxygens (including phenoxy) is 1. The van der Waals surface area contributed by atoms with Crippen LogP contribution in [0.2, 0.25) is 5.02 Å². The van der Waals surface area contributed by atoms with Crippen LogP contribution in [-0.4, -0.2) is 20.8 Å². The highest BCUT2D eigenvalue weighted by molar-refractivity contribution is 9.10. The molecule has 1 heterocycles. The van der Waals surface area contributed by atoms with Crippen molar-refractivity contribution in [1.82, 2.24) is 9.66 Å². The molecule has 1 aromatic heterocycles. The van der Waals surface area contributed by atoms with E-state index in [1.807, 2.05) is 20.8 Å². The molecule has 3 aromatic carbocycles. The van der Waals surface area contributed by atoms with Crippen LogP contribution in [0.5, 0.6) is 5.75 Å². The summed E-state index contributed by atoms with van der Waals surface area (Å²) in [6, 6.07) is 13.5. The lowest BCUT2D eigenvalue weighted by Crippen LogP contribution is -2.29. The van der Waals surface area contributed by atoms with E-state index in [1.165, 1.54) is 47.3 Å². The van der Waals surface area contributed by atoms with Gasteiger partial charge in [-0.25, -0.2) is 9.37 Å². The van der Waals surface area contributed by atoms with Gasteiger partial charge in [0.2, 0.25) is 5.75 Å². The first kappa shape index (κ1) is 26.4. The molecule has 0 spiro atoms. The summed E-state index contributed by atoms with van der Waals surface area (Å²) in [6.45, 7) is 5.66. The Bertz CT molecular complexity index is 1600. The van der Waals surface area contributed by atoms with E-state index in [0.29, 0.717) is 22.3 Å². The fourth-order valence-corrected chi connectivity index (χ4v) is 4.19. The van der Waals surface area contributed by atoms with Crippen LogP contribution in [-0.2, 0) is 12.0 Å². The summed E-state index contributed by atoms with van der Waals surface area (Å²) in [7, 11) is 0. The third-order valence-electron chi connectivity index (χ3n) is 5.34. The van der Waals surface area contributed by atoms with Crippen molar-refractivity contribution in [3.63, 3.8) is 0 Å². The second-order valence-electron chi connectivity index (χ2n) is 9.23. The van der Waals surface area contributed by atoms with Crippen LogP contribution >= 0.6 is 27.5 Å². The third-order valence-corrected chi connectivity index (χ3v) is 6.11. The molecule has 4 aromatic rings. The van der Waals surface area contributed by atoms with Gasteiger partial charge in [-0.2, -0.15) is 9.78 Å². The minimum Gasteiger partial charge on any atom is -0.481 e. The number of fused-ring (bicyclic) bond motifs is 1. The number of hydrogen-bond acceptors (Lipinski definition) is 6. The van der Waals surface area contributed by atoms with E-state index in [1.54, 1.807) is 18.2 Å². The number of halogens is 3. The van der Waals surface area contributed by atoms with Gasteiger partial charge >= 0.3 is 5.69 Å². The highest BCUT2D eigenvalue weighted by atomic mass is 79.9. The van der Waals surface area contributed by atoms with Gasteiger partial charge in [0.05, 0.1) is 27.1 Å². The largest absolute Gasteiger partial charge is 0.481 e. The van der Waals surface area contributed by atoms with Crippen molar-refractivity contribution in [3.05, 3.63) is 107 Å². The van der Waals surface area contributed by atoms with Crippen LogP contribution in [0.1, 0.15) is 37.7 Å². The molecular formula is C26H21BrClFN4O4. The van der Waals surface area contributed by atoms with Gasteiger partial charge < -0.3 is 4.74 Å². The standard InChI is InChI=1S/C26H21BrClFN4O4/c1-26(2,3)25-31-21-9-6-17(27)12-19(21)24(34)32(25)30-13-16-10-20(28)23(22(11-16)33(35)36)37-14-15-4-7-18(29)8-5-15/h4-13H,14H2,1-3H3. The topological polar surface area (TPSA) is 99.6 Å². The minimum absolute atomic E-state index is 0.0123. The lowest BCUT2D eigenvalue weighted by atomic mass is 9.95. The summed E-state index contributed by atoms with van der Waals surface area (Å²) in [6.07, 6.45) is 1.31. The van der Waals surface area contributed by atoms with Crippen LogP contribution < -0.4 is 10.3 Å². The van der Waals surface area contributed by atoms with E-state index in [2.05, 4.69) is 26.0 Å². The number of nitro groups is 1.